The lowest BCUT2D eigenvalue weighted by atomic mass is 10.3. The molecule has 0 spiro atoms. The first-order valence-corrected chi connectivity index (χ1v) is 6.97. The summed E-state index contributed by atoms with van der Waals surface area (Å²) in [6, 6.07) is 13.5. The Bertz CT molecular complexity index is 587. The van der Waals surface area contributed by atoms with Crippen molar-refractivity contribution >= 4 is 33.2 Å². The van der Waals surface area contributed by atoms with E-state index in [0.29, 0.717) is 13.0 Å². The van der Waals surface area contributed by atoms with Gasteiger partial charge in [-0.1, -0.05) is 22.0 Å². The van der Waals surface area contributed by atoms with Gasteiger partial charge in [-0.15, -0.1) is 0 Å². The molecule has 0 atom stereocenters. The van der Waals surface area contributed by atoms with E-state index in [0.717, 1.165) is 15.8 Å². The van der Waals surface area contributed by atoms with Crippen LogP contribution in [0.1, 0.15) is 6.42 Å². The highest BCUT2D eigenvalue weighted by Gasteiger charge is 2.02. The van der Waals surface area contributed by atoms with E-state index in [9.17, 15) is 9.18 Å². The second-order valence-electron chi connectivity index (χ2n) is 4.24. The van der Waals surface area contributed by atoms with Crippen molar-refractivity contribution in [2.75, 3.05) is 17.2 Å². The fraction of sp³-hybridized carbons (Fsp3) is 0.133. The third kappa shape index (κ3) is 4.66. The van der Waals surface area contributed by atoms with Gasteiger partial charge in [0.2, 0.25) is 5.91 Å². The number of carbonyl (C=O) groups is 1. The standard InChI is InChI=1S/C15H14BrFN2O/c16-11-2-1-3-14(10-11)19-15(20)8-9-18-13-6-4-12(17)5-7-13/h1-7,10,18H,8-9H2,(H,19,20). The minimum Gasteiger partial charge on any atom is -0.385 e. The summed E-state index contributed by atoms with van der Waals surface area (Å²) in [5.74, 6) is -0.347. The molecule has 104 valence electrons. The zero-order valence-electron chi connectivity index (χ0n) is 10.7. The molecule has 5 heteroatoms. The Balaban J connectivity index is 1.76. The van der Waals surface area contributed by atoms with Crippen LogP contribution in [-0.4, -0.2) is 12.5 Å². The van der Waals surface area contributed by atoms with Crippen molar-refractivity contribution in [3.8, 4) is 0 Å². The van der Waals surface area contributed by atoms with Gasteiger partial charge in [-0.05, 0) is 42.5 Å². The summed E-state index contributed by atoms with van der Waals surface area (Å²) in [6.45, 7) is 0.492. The summed E-state index contributed by atoms with van der Waals surface area (Å²) in [6.07, 6.45) is 0.337. The van der Waals surface area contributed by atoms with Crippen LogP contribution in [0, 0.1) is 5.82 Å². The zero-order valence-corrected chi connectivity index (χ0v) is 12.3. The molecule has 2 N–H and O–H groups in total. The molecule has 0 unspecified atom stereocenters. The number of anilines is 2. The fourth-order valence-corrected chi connectivity index (χ4v) is 2.08. The maximum absolute atomic E-state index is 12.7. The van der Waals surface area contributed by atoms with Gasteiger partial charge in [-0.2, -0.15) is 0 Å². The first-order valence-electron chi connectivity index (χ1n) is 6.18. The summed E-state index contributed by atoms with van der Waals surface area (Å²) >= 11 is 3.35. The van der Waals surface area contributed by atoms with Crippen LogP contribution in [0.25, 0.3) is 0 Å². The number of hydrogen-bond donors (Lipinski definition) is 2. The summed E-state index contributed by atoms with van der Waals surface area (Å²) in [5.41, 5.74) is 1.55. The SMILES string of the molecule is O=C(CCNc1ccc(F)cc1)Nc1cccc(Br)c1. The molecule has 0 radical (unpaired) electrons. The molecule has 2 rings (SSSR count). The van der Waals surface area contributed by atoms with Gasteiger partial charge in [-0.25, -0.2) is 4.39 Å². The summed E-state index contributed by atoms with van der Waals surface area (Å²) in [4.78, 5) is 11.7. The highest BCUT2D eigenvalue weighted by molar-refractivity contribution is 9.10. The maximum atomic E-state index is 12.7. The molecule has 0 aliphatic rings. The smallest absolute Gasteiger partial charge is 0.226 e. The van der Waals surface area contributed by atoms with E-state index in [-0.39, 0.29) is 11.7 Å². The first-order chi connectivity index (χ1) is 9.63. The Morgan fingerprint density at radius 3 is 2.55 bits per heavy atom. The Morgan fingerprint density at radius 1 is 1.10 bits per heavy atom. The van der Waals surface area contributed by atoms with Crippen molar-refractivity contribution in [3.63, 3.8) is 0 Å². The van der Waals surface area contributed by atoms with Crippen LogP contribution in [0.3, 0.4) is 0 Å². The molecule has 0 aliphatic heterocycles. The van der Waals surface area contributed by atoms with Crippen molar-refractivity contribution in [2.24, 2.45) is 0 Å². The molecule has 1 amide bonds. The van der Waals surface area contributed by atoms with E-state index in [1.54, 1.807) is 12.1 Å². The zero-order chi connectivity index (χ0) is 14.4. The van der Waals surface area contributed by atoms with Crippen LogP contribution in [0.2, 0.25) is 0 Å². The van der Waals surface area contributed by atoms with Gasteiger partial charge in [0.25, 0.3) is 0 Å². The fourth-order valence-electron chi connectivity index (χ4n) is 1.68. The van der Waals surface area contributed by atoms with E-state index in [2.05, 4.69) is 26.6 Å². The van der Waals surface area contributed by atoms with Gasteiger partial charge in [-0.3, -0.25) is 4.79 Å². The first kappa shape index (κ1) is 14.5. The number of amides is 1. The van der Waals surface area contributed by atoms with Crippen molar-refractivity contribution in [2.45, 2.75) is 6.42 Å². The van der Waals surface area contributed by atoms with Crippen LogP contribution in [0.15, 0.2) is 53.0 Å². The van der Waals surface area contributed by atoms with Crippen LogP contribution < -0.4 is 10.6 Å². The second kappa shape index (κ2) is 7.05. The van der Waals surface area contributed by atoms with E-state index in [4.69, 9.17) is 0 Å². The molecule has 2 aromatic rings. The average molecular weight is 337 g/mol. The molecular formula is C15H14BrFN2O. The van der Waals surface area contributed by atoms with Gasteiger partial charge in [0, 0.05) is 28.8 Å². The molecular weight excluding hydrogens is 323 g/mol. The van der Waals surface area contributed by atoms with Gasteiger partial charge in [0.15, 0.2) is 0 Å². The van der Waals surface area contributed by atoms with Gasteiger partial charge in [0.1, 0.15) is 5.82 Å². The normalized spacial score (nSPS) is 10.1. The Kier molecular flexibility index (Phi) is 5.12. The molecule has 0 fully saturated rings. The molecule has 0 saturated carbocycles. The highest BCUT2D eigenvalue weighted by atomic mass is 79.9. The number of hydrogen-bond acceptors (Lipinski definition) is 2. The van der Waals surface area contributed by atoms with Gasteiger partial charge in [0.05, 0.1) is 0 Å². The van der Waals surface area contributed by atoms with Crippen LogP contribution in [0.4, 0.5) is 15.8 Å². The number of halogens is 2. The molecule has 2 aromatic carbocycles. The lowest BCUT2D eigenvalue weighted by Crippen LogP contribution is -2.16. The molecule has 20 heavy (non-hydrogen) atoms. The van der Waals surface area contributed by atoms with E-state index in [1.165, 1.54) is 12.1 Å². The third-order valence-electron chi connectivity index (χ3n) is 2.63. The number of rotatable bonds is 5. The molecule has 0 bridgehead atoms. The molecule has 0 saturated heterocycles. The van der Waals surface area contributed by atoms with Crippen LogP contribution in [0.5, 0.6) is 0 Å². The van der Waals surface area contributed by atoms with E-state index in [1.807, 2.05) is 24.3 Å². The maximum Gasteiger partial charge on any atom is 0.226 e. The van der Waals surface area contributed by atoms with Crippen molar-refractivity contribution in [1.29, 1.82) is 0 Å². The Morgan fingerprint density at radius 2 is 1.85 bits per heavy atom. The molecule has 0 aromatic heterocycles. The van der Waals surface area contributed by atoms with Crippen molar-refractivity contribution in [3.05, 3.63) is 58.8 Å². The molecule has 0 aliphatic carbocycles. The lowest BCUT2D eigenvalue weighted by Gasteiger charge is -2.07. The number of nitrogens with one attached hydrogen (secondary N) is 2. The van der Waals surface area contributed by atoms with Crippen LogP contribution >= 0.6 is 15.9 Å². The molecule has 3 nitrogen and oxygen atoms in total. The van der Waals surface area contributed by atoms with Crippen molar-refractivity contribution in [1.82, 2.24) is 0 Å². The topological polar surface area (TPSA) is 41.1 Å². The number of carbonyl (C=O) groups excluding carboxylic acids is 1. The number of benzene rings is 2. The van der Waals surface area contributed by atoms with Crippen LogP contribution in [-0.2, 0) is 4.79 Å². The minimum atomic E-state index is -0.275. The van der Waals surface area contributed by atoms with E-state index < -0.39 is 0 Å². The van der Waals surface area contributed by atoms with Gasteiger partial charge < -0.3 is 10.6 Å². The highest BCUT2D eigenvalue weighted by Crippen LogP contribution is 2.15. The minimum absolute atomic E-state index is 0.0716. The molecule has 0 heterocycles. The Hall–Kier alpha value is -1.88. The largest absolute Gasteiger partial charge is 0.385 e. The predicted octanol–water partition coefficient (Wildman–Crippen LogP) is 4.03. The average Bonchev–Trinajstić information content (AvgIpc) is 2.41. The van der Waals surface area contributed by atoms with Gasteiger partial charge >= 0.3 is 0 Å². The van der Waals surface area contributed by atoms with Crippen molar-refractivity contribution < 1.29 is 9.18 Å². The summed E-state index contributed by atoms with van der Waals surface area (Å²) < 4.78 is 13.6. The lowest BCUT2D eigenvalue weighted by molar-refractivity contribution is -0.115. The third-order valence-corrected chi connectivity index (χ3v) is 3.13. The predicted molar refractivity (Wildman–Crippen MR) is 82.3 cm³/mol. The van der Waals surface area contributed by atoms with E-state index >= 15 is 0 Å². The summed E-state index contributed by atoms with van der Waals surface area (Å²) in [7, 11) is 0. The Labute approximate surface area is 125 Å². The quantitative estimate of drug-likeness (QED) is 0.865. The second-order valence-corrected chi connectivity index (χ2v) is 5.16. The monoisotopic (exact) mass is 336 g/mol. The summed E-state index contributed by atoms with van der Waals surface area (Å²) in [5, 5.41) is 5.87.